The molecule has 0 fully saturated rings. The Kier molecular flexibility index (Phi) is 5.77. The summed E-state index contributed by atoms with van der Waals surface area (Å²) in [5.74, 6) is -0.284. The van der Waals surface area contributed by atoms with Crippen LogP contribution in [0.2, 0.25) is 0 Å². The van der Waals surface area contributed by atoms with E-state index in [1.54, 1.807) is 35.2 Å². The molecule has 2 atom stereocenters. The van der Waals surface area contributed by atoms with Crippen molar-refractivity contribution in [3.05, 3.63) is 81.5 Å². The van der Waals surface area contributed by atoms with Crippen molar-refractivity contribution in [2.45, 2.75) is 32.4 Å². The van der Waals surface area contributed by atoms with Gasteiger partial charge in [-0.25, -0.2) is 0 Å². The van der Waals surface area contributed by atoms with Crippen molar-refractivity contribution < 1.29 is 14.5 Å². The summed E-state index contributed by atoms with van der Waals surface area (Å²) in [5, 5.41) is 11.0. The molecule has 2 aromatic rings. The molecule has 7 nitrogen and oxygen atoms in total. The van der Waals surface area contributed by atoms with E-state index in [9.17, 15) is 19.7 Å². The largest absolute Gasteiger partial charge is 0.339 e. The molecule has 29 heavy (non-hydrogen) atoms. The highest BCUT2D eigenvalue weighted by Gasteiger charge is 2.30. The molecule has 0 aromatic heterocycles. The normalized spacial score (nSPS) is 16.1. The molecule has 0 saturated carbocycles. The van der Waals surface area contributed by atoms with Gasteiger partial charge in [0.1, 0.15) is 0 Å². The van der Waals surface area contributed by atoms with Crippen LogP contribution in [0.5, 0.6) is 0 Å². The molecular weight excluding hydrogens is 370 g/mol. The monoisotopic (exact) mass is 393 g/mol. The second kappa shape index (κ2) is 8.26. The number of hydrogen-bond donors (Lipinski definition) is 0. The Morgan fingerprint density at radius 1 is 1.21 bits per heavy atom. The van der Waals surface area contributed by atoms with E-state index in [1.807, 2.05) is 37.3 Å². The lowest BCUT2D eigenvalue weighted by atomic mass is 9.93. The van der Waals surface area contributed by atoms with Crippen molar-refractivity contribution in [2.75, 3.05) is 7.05 Å². The fourth-order valence-electron chi connectivity index (χ4n) is 3.56. The summed E-state index contributed by atoms with van der Waals surface area (Å²) >= 11 is 0. The Morgan fingerprint density at radius 3 is 2.62 bits per heavy atom. The number of nitro benzene ring substituents is 1. The highest BCUT2D eigenvalue weighted by molar-refractivity contribution is 5.82. The molecule has 0 N–H and O–H groups in total. The van der Waals surface area contributed by atoms with Crippen LogP contribution >= 0.6 is 0 Å². The Morgan fingerprint density at radius 2 is 1.93 bits per heavy atom. The third kappa shape index (κ3) is 4.18. The van der Waals surface area contributed by atoms with Gasteiger partial charge < -0.3 is 9.80 Å². The van der Waals surface area contributed by atoms with E-state index >= 15 is 0 Å². The van der Waals surface area contributed by atoms with Crippen molar-refractivity contribution in [1.82, 2.24) is 9.80 Å². The lowest BCUT2D eigenvalue weighted by Crippen LogP contribution is -2.36. The molecule has 7 heteroatoms. The summed E-state index contributed by atoms with van der Waals surface area (Å²) in [6.45, 7) is 3.31. The fourth-order valence-corrected chi connectivity index (χ4v) is 3.56. The first kappa shape index (κ1) is 20.3. The average Bonchev–Trinajstić information content (AvgIpc) is 2.72. The van der Waals surface area contributed by atoms with Gasteiger partial charge in [0.2, 0.25) is 11.8 Å². The average molecular weight is 393 g/mol. The predicted molar refractivity (Wildman–Crippen MR) is 110 cm³/mol. The highest BCUT2D eigenvalue weighted by atomic mass is 16.6. The highest BCUT2D eigenvalue weighted by Crippen LogP contribution is 2.34. The van der Waals surface area contributed by atoms with Gasteiger partial charge >= 0.3 is 0 Å². The summed E-state index contributed by atoms with van der Waals surface area (Å²) in [4.78, 5) is 38.9. The molecule has 0 aliphatic carbocycles. The minimum Gasteiger partial charge on any atom is -0.339 e. The second-order valence-corrected chi connectivity index (χ2v) is 7.12. The van der Waals surface area contributed by atoms with Gasteiger partial charge in [0.25, 0.3) is 5.69 Å². The van der Waals surface area contributed by atoms with Crippen LogP contribution in [-0.4, -0.2) is 33.6 Å². The number of amides is 2. The van der Waals surface area contributed by atoms with E-state index < -0.39 is 4.92 Å². The van der Waals surface area contributed by atoms with Crippen LogP contribution in [0.4, 0.5) is 5.69 Å². The predicted octanol–water partition coefficient (Wildman–Crippen LogP) is 4.08. The first-order chi connectivity index (χ1) is 13.8. The Balaban J connectivity index is 1.82. The Bertz CT molecular complexity index is 986. The third-order valence-electron chi connectivity index (χ3n) is 5.37. The van der Waals surface area contributed by atoms with Crippen LogP contribution in [0.1, 0.15) is 49.0 Å². The lowest BCUT2D eigenvalue weighted by Gasteiger charge is -2.34. The van der Waals surface area contributed by atoms with Gasteiger partial charge in [-0.2, -0.15) is 0 Å². The molecule has 2 aromatic carbocycles. The third-order valence-corrected chi connectivity index (χ3v) is 5.37. The molecule has 150 valence electrons. The number of fused-ring (bicyclic) bond motifs is 1. The Hall–Kier alpha value is -3.48. The van der Waals surface area contributed by atoms with Crippen molar-refractivity contribution in [3.63, 3.8) is 0 Å². The van der Waals surface area contributed by atoms with Crippen LogP contribution < -0.4 is 0 Å². The topological polar surface area (TPSA) is 83.8 Å². The molecule has 1 aliphatic heterocycles. The van der Waals surface area contributed by atoms with E-state index in [1.165, 1.54) is 19.1 Å². The number of hydrogen-bond acceptors (Lipinski definition) is 4. The standard InChI is InChI=1S/C22H23N3O4/c1-15(18-8-6-9-19(13-18)25(28)29)23(3)22(27)14-21-20-10-5-4-7-17(20)11-12-24(21)16(2)26/h4-13,15,21H,14H2,1-3H3/t15-,21+/m1/s1. The molecular formula is C22H23N3O4. The van der Waals surface area contributed by atoms with E-state index in [4.69, 9.17) is 0 Å². The van der Waals surface area contributed by atoms with Gasteiger partial charge in [-0.15, -0.1) is 0 Å². The zero-order valence-corrected chi connectivity index (χ0v) is 16.6. The molecule has 1 aliphatic rings. The number of benzene rings is 2. The van der Waals surface area contributed by atoms with Crippen LogP contribution in [-0.2, 0) is 9.59 Å². The van der Waals surface area contributed by atoms with Crippen LogP contribution in [0.3, 0.4) is 0 Å². The number of carbonyl (C=O) groups is 2. The van der Waals surface area contributed by atoms with E-state index in [2.05, 4.69) is 0 Å². The number of carbonyl (C=O) groups excluding carboxylic acids is 2. The van der Waals surface area contributed by atoms with Crippen LogP contribution in [0, 0.1) is 10.1 Å². The van der Waals surface area contributed by atoms with E-state index in [0.717, 1.165) is 11.1 Å². The zero-order chi connectivity index (χ0) is 21.1. The minimum atomic E-state index is -0.450. The lowest BCUT2D eigenvalue weighted by molar-refractivity contribution is -0.384. The van der Waals surface area contributed by atoms with Gasteiger partial charge in [0, 0.05) is 32.3 Å². The zero-order valence-electron chi connectivity index (χ0n) is 16.6. The number of non-ortho nitro benzene ring substituents is 1. The summed E-state index contributed by atoms with van der Waals surface area (Å²) in [5.41, 5.74) is 2.58. The first-order valence-corrected chi connectivity index (χ1v) is 9.35. The van der Waals surface area contributed by atoms with E-state index in [0.29, 0.717) is 5.56 Å². The van der Waals surface area contributed by atoms with Gasteiger partial charge in [0.15, 0.2) is 0 Å². The molecule has 0 unspecified atom stereocenters. The summed E-state index contributed by atoms with van der Waals surface area (Å²) < 4.78 is 0. The van der Waals surface area contributed by atoms with Crippen molar-refractivity contribution in [3.8, 4) is 0 Å². The fraction of sp³-hybridized carbons (Fsp3) is 0.273. The maximum Gasteiger partial charge on any atom is 0.269 e. The van der Waals surface area contributed by atoms with E-state index in [-0.39, 0.29) is 36.0 Å². The SMILES string of the molecule is CC(=O)N1C=Cc2ccccc2[C@@H]1CC(=O)N(C)[C@H](C)c1cccc([N+](=O)[O-])c1. The number of rotatable bonds is 5. The Labute approximate surface area is 169 Å². The summed E-state index contributed by atoms with van der Waals surface area (Å²) in [6.07, 6.45) is 3.70. The summed E-state index contributed by atoms with van der Waals surface area (Å²) in [6, 6.07) is 13.2. The summed E-state index contributed by atoms with van der Waals surface area (Å²) in [7, 11) is 1.68. The maximum absolute atomic E-state index is 13.1. The van der Waals surface area contributed by atoms with Crippen molar-refractivity contribution >= 4 is 23.6 Å². The molecule has 0 bridgehead atoms. The molecule has 0 saturated heterocycles. The number of nitro groups is 1. The minimum absolute atomic E-state index is 0.00991. The molecule has 0 radical (unpaired) electrons. The molecule has 2 amide bonds. The van der Waals surface area contributed by atoms with Gasteiger partial charge in [0.05, 0.1) is 23.4 Å². The second-order valence-electron chi connectivity index (χ2n) is 7.12. The maximum atomic E-state index is 13.1. The van der Waals surface area contributed by atoms with Gasteiger partial charge in [-0.05, 0) is 29.7 Å². The van der Waals surface area contributed by atoms with Gasteiger partial charge in [-0.1, -0.05) is 36.4 Å². The first-order valence-electron chi connectivity index (χ1n) is 9.35. The molecule has 1 heterocycles. The number of nitrogens with zero attached hydrogens (tertiary/aromatic N) is 3. The molecule has 3 rings (SSSR count). The molecule has 0 spiro atoms. The smallest absolute Gasteiger partial charge is 0.269 e. The van der Waals surface area contributed by atoms with Crippen LogP contribution in [0.25, 0.3) is 6.08 Å². The van der Waals surface area contributed by atoms with Gasteiger partial charge in [-0.3, -0.25) is 19.7 Å². The van der Waals surface area contributed by atoms with Crippen molar-refractivity contribution in [1.29, 1.82) is 0 Å². The quantitative estimate of drug-likeness (QED) is 0.566. The van der Waals surface area contributed by atoms with Crippen molar-refractivity contribution in [2.24, 2.45) is 0 Å². The van der Waals surface area contributed by atoms with Crippen LogP contribution in [0.15, 0.2) is 54.7 Å².